The predicted octanol–water partition coefficient (Wildman–Crippen LogP) is 2.61. The number of hydrogen-bond donors (Lipinski definition) is 0. The third-order valence-electron chi connectivity index (χ3n) is 3.03. The van der Waals surface area contributed by atoms with Gasteiger partial charge in [0.15, 0.2) is 5.60 Å². The van der Waals surface area contributed by atoms with E-state index < -0.39 is 17.7 Å². The van der Waals surface area contributed by atoms with Crippen LogP contribution in [0.15, 0.2) is 24.3 Å². The lowest BCUT2D eigenvalue weighted by Gasteiger charge is -2.09. The van der Waals surface area contributed by atoms with Crippen molar-refractivity contribution in [3.8, 4) is 0 Å². The molecule has 1 saturated heterocycles. The first-order chi connectivity index (χ1) is 8.15. The standard InChI is InChI=1S/C13H15FO3/c1-3-13(12(15)16-4-2)11(17-13)9-7-5-6-8-10(9)14/h5-8,11H,3-4H2,1-2H3. The van der Waals surface area contributed by atoms with Crippen molar-refractivity contribution in [2.75, 3.05) is 6.61 Å². The van der Waals surface area contributed by atoms with E-state index in [1.54, 1.807) is 25.1 Å². The molecule has 1 aliphatic rings. The minimum absolute atomic E-state index is 0.300. The molecule has 0 spiro atoms. The monoisotopic (exact) mass is 238 g/mol. The minimum Gasteiger partial charge on any atom is -0.464 e. The normalized spacial score (nSPS) is 26.6. The molecule has 0 N–H and O–H groups in total. The summed E-state index contributed by atoms with van der Waals surface area (Å²) in [4.78, 5) is 11.8. The average Bonchev–Trinajstić information content (AvgIpc) is 3.06. The summed E-state index contributed by atoms with van der Waals surface area (Å²) in [5, 5.41) is 0. The van der Waals surface area contributed by atoms with Crippen LogP contribution in [0.1, 0.15) is 31.9 Å². The van der Waals surface area contributed by atoms with Gasteiger partial charge in [0.05, 0.1) is 6.61 Å². The van der Waals surface area contributed by atoms with Gasteiger partial charge < -0.3 is 9.47 Å². The highest BCUT2D eigenvalue weighted by Crippen LogP contribution is 2.53. The van der Waals surface area contributed by atoms with Crippen LogP contribution in [-0.4, -0.2) is 18.2 Å². The van der Waals surface area contributed by atoms with E-state index in [1.165, 1.54) is 6.07 Å². The van der Waals surface area contributed by atoms with Gasteiger partial charge in [-0.15, -0.1) is 0 Å². The molecular weight excluding hydrogens is 223 g/mol. The van der Waals surface area contributed by atoms with Gasteiger partial charge in [0.1, 0.15) is 11.9 Å². The van der Waals surface area contributed by atoms with Crippen molar-refractivity contribution in [2.24, 2.45) is 0 Å². The molecule has 0 radical (unpaired) electrons. The third-order valence-corrected chi connectivity index (χ3v) is 3.03. The second-order valence-electron chi connectivity index (χ2n) is 3.98. The van der Waals surface area contributed by atoms with Crippen molar-refractivity contribution in [1.82, 2.24) is 0 Å². The molecule has 2 unspecified atom stereocenters. The van der Waals surface area contributed by atoms with Gasteiger partial charge >= 0.3 is 5.97 Å². The molecule has 4 heteroatoms. The van der Waals surface area contributed by atoms with E-state index in [0.717, 1.165) is 0 Å². The van der Waals surface area contributed by atoms with Crippen LogP contribution in [0.25, 0.3) is 0 Å². The van der Waals surface area contributed by atoms with Crippen molar-refractivity contribution in [3.05, 3.63) is 35.6 Å². The number of rotatable bonds is 4. The molecule has 3 nitrogen and oxygen atoms in total. The summed E-state index contributed by atoms with van der Waals surface area (Å²) < 4.78 is 24.0. The maximum absolute atomic E-state index is 13.6. The molecule has 2 rings (SSSR count). The summed E-state index contributed by atoms with van der Waals surface area (Å²) in [7, 11) is 0. The number of hydrogen-bond acceptors (Lipinski definition) is 3. The van der Waals surface area contributed by atoms with Crippen LogP contribution in [-0.2, 0) is 14.3 Å². The molecule has 92 valence electrons. The average molecular weight is 238 g/mol. The lowest BCUT2D eigenvalue weighted by atomic mass is 9.96. The van der Waals surface area contributed by atoms with Crippen LogP contribution in [0.3, 0.4) is 0 Å². The number of carbonyl (C=O) groups is 1. The fourth-order valence-electron chi connectivity index (χ4n) is 2.00. The zero-order chi connectivity index (χ0) is 12.5. The number of ether oxygens (including phenoxy) is 2. The van der Waals surface area contributed by atoms with Gasteiger partial charge in [-0.3, -0.25) is 0 Å². The smallest absolute Gasteiger partial charge is 0.341 e. The maximum Gasteiger partial charge on any atom is 0.341 e. The SMILES string of the molecule is CCOC(=O)C1(CC)OC1c1ccccc1F. The molecule has 17 heavy (non-hydrogen) atoms. The Balaban J connectivity index is 2.22. The zero-order valence-corrected chi connectivity index (χ0v) is 9.90. The Morgan fingerprint density at radius 3 is 2.76 bits per heavy atom. The number of esters is 1. The Morgan fingerprint density at radius 2 is 2.18 bits per heavy atom. The van der Waals surface area contributed by atoms with Crippen LogP contribution in [0.2, 0.25) is 0 Å². The molecule has 0 bridgehead atoms. The number of benzene rings is 1. The van der Waals surface area contributed by atoms with Crippen LogP contribution in [0.4, 0.5) is 4.39 Å². The largest absolute Gasteiger partial charge is 0.464 e. The summed E-state index contributed by atoms with van der Waals surface area (Å²) in [5.74, 6) is -0.757. The topological polar surface area (TPSA) is 38.8 Å². The van der Waals surface area contributed by atoms with Crippen molar-refractivity contribution in [3.63, 3.8) is 0 Å². The molecule has 1 aliphatic heterocycles. The van der Waals surface area contributed by atoms with Gasteiger partial charge in [0.25, 0.3) is 0 Å². The van der Waals surface area contributed by atoms with E-state index in [-0.39, 0.29) is 5.82 Å². The van der Waals surface area contributed by atoms with Crippen LogP contribution < -0.4 is 0 Å². The molecule has 1 aromatic rings. The zero-order valence-electron chi connectivity index (χ0n) is 9.90. The number of epoxide rings is 1. The predicted molar refractivity (Wildman–Crippen MR) is 59.9 cm³/mol. The van der Waals surface area contributed by atoms with Gasteiger partial charge in [-0.25, -0.2) is 9.18 Å². The number of carbonyl (C=O) groups excluding carboxylic acids is 1. The summed E-state index contributed by atoms with van der Waals surface area (Å²) >= 11 is 0. The number of halogens is 1. The second-order valence-corrected chi connectivity index (χ2v) is 3.98. The fourth-order valence-corrected chi connectivity index (χ4v) is 2.00. The third kappa shape index (κ3) is 1.93. The molecule has 0 aromatic heterocycles. The van der Waals surface area contributed by atoms with Crippen molar-refractivity contribution in [2.45, 2.75) is 32.0 Å². The van der Waals surface area contributed by atoms with Gasteiger partial charge in [0, 0.05) is 5.56 Å². The van der Waals surface area contributed by atoms with E-state index in [0.29, 0.717) is 18.6 Å². The molecular formula is C13H15FO3. The van der Waals surface area contributed by atoms with E-state index in [4.69, 9.17) is 9.47 Å². The Hall–Kier alpha value is -1.42. The lowest BCUT2D eigenvalue weighted by molar-refractivity contribution is -0.149. The second kappa shape index (κ2) is 4.45. The van der Waals surface area contributed by atoms with Crippen molar-refractivity contribution < 1.29 is 18.7 Å². The summed E-state index contributed by atoms with van der Waals surface area (Å²) in [5.41, 5.74) is -0.569. The Kier molecular flexibility index (Phi) is 3.15. The van der Waals surface area contributed by atoms with Crippen molar-refractivity contribution >= 4 is 5.97 Å². The molecule has 1 aromatic carbocycles. The van der Waals surface area contributed by atoms with Crippen LogP contribution in [0, 0.1) is 5.82 Å². The quantitative estimate of drug-likeness (QED) is 0.598. The highest BCUT2D eigenvalue weighted by molar-refractivity contribution is 5.83. The van der Waals surface area contributed by atoms with Gasteiger partial charge in [-0.2, -0.15) is 0 Å². The first-order valence-electron chi connectivity index (χ1n) is 5.75. The van der Waals surface area contributed by atoms with E-state index in [2.05, 4.69) is 0 Å². The lowest BCUT2D eigenvalue weighted by Crippen LogP contribution is -2.27. The molecule has 1 heterocycles. The van der Waals surface area contributed by atoms with E-state index >= 15 is 0 Å². The maximum atomic E-state index is 13.6. The first-order valence-corrected chi connectivity index (χ1v) is 5.75. The highest BCUT2D eigenvalue weighted by Gasteiger charge is 2.63. The molecule has 0 saturated carbocycles. The van der Waals surface area contributed by atoms with Gasteiger partial charge in [-0.1, -0.05) is 25.1 Å². The molecule has 0 amide bonds. The summed E-state index contributed by atoms with van der Waals surface area (Å²) in [6, 6.07) is 6.34. The van der Waals surface area contributed by atoms with Crippen LogP contribution >= 0.6 is 0 Å². The Bertz CT molecular complexity index is 432. The highest BCUT2D eigenvalue weighted by atomic mass is 19.1. The summed E-state index contributed by atoms with van der Waals surface area (Å²) in [6.07, 6.45) is -0.0436. The molecule has 2 atom stereocenters. The summed E-state index contributed by atoms with van der Waals surface area (Å²) in [6.45, 7) is 3.87. The molecule has 0 aliphatic carbocycles. The van der Waals surface area contributed by atoms with Crippen molar-refractivity contribution in [1.29, 1.82) is 0 Å². The van der Waals surface area contributed by atoms with Crippen LogP contribution in [0.5, 0.6) is 0 Å². The minimum atomic E-state index is -0.988. The first kappa shape index (κ1) is 12.0. The molecule has 1 fully saturated rings. The van der Waals surface area contributed by atoms with Gasteiger partial charge in [0.2, 0.25) is 0 Å². The Labute approximate surface area is 99.5 Å². The Morgan fingerprint density at radius 1 is 1.47 bits per heavy atom. The van der Waals surface area contributed by atoms with E-state index in [9.17, 15) is 9.18 Å². The van der Waals surface area contributed by atoms with Gasteiger partial charge in [-0.05, 0) is 19.4 Å². The fraction of sp³-hybridized carbons (Fsp3) is 0.462. The van der Waals surface area contributed by atoms with E-state index in [1.807, 2.05) is 6.92 Å².